The minimum absolute atomic E-state index is 0.176. The van der Waals surface area contributed by atoms with Crippen LogP contribution in [-0.4, -0.2) is 17.6 Å². The molecule has 0 radical (unpaired) electrons. The van der Waals surface area contributed by atoms with Gasteiger partial charge in [0.15, 0.2) is 18.1 Å². The van der Waals surface area contributed by atoms with Crippen LogP contribution in [0.3, 0.4) is 0 Å². The molecule has 2 N–H and O–H groups in total. The lowest BCUT2D eigenvalue weighted by atomic mass is 10.1. The maximum Gasteiger partial charge on any atom is 0.281 e. The Morgan fingerprint density at radius 3 is 2.24 bits per heavy atom. The van der Waals surface area contributed by atoms with Crippen LogP contribution in [0.15, 0.2) is 80.5 Å². The van der Waals surface area contributed by atoms with Gasteiger partial charge in [-0.2, -0.15) is 0 Å². The molecule has 3 heterocycles. The van der Waals surface area contributed by atoms with E-state index < -0.39 is 0 Å². The van der Waals surface area contributed by atoms with Gasteiger partial charge < -0.3 is 18.3 Å². The fourth-order valence-corrected chi connectivity index (χ4v) is 3.11. The summed E-state index contributed by atoms with van der Waals surface area (Å²) in [6, 6.07) is 17.1. The standard InChI is InChI=1S/C22H21N3O4/c1-16-6-8-17(9-7-16)20-12-22(29-24-20)23-21(26)15-25(13-18-4-2-10-27-18)14-19-5-3-11-28-19/h2-12H,13-15H2,1H3,(H,23,26)/p+1. The quantitative estimate of drug-likeness (QED) is 0.481. The molecule has 0 bridgehead atoms. The van der Waals surface area contributed by atoms with Crippen molar-refractivity contribution in [2.45, 2.75) is 20.0 Å². The van der Waals surface area contributed by atoms with Crippen molar-refractivity contribution in [3.63, 3.8) is 0 Å². The van der Waals surface area contributed by atoms with Crippen LogP contribution in [0.1, 0.15) is 17.1 Å². The van der Waals surface area contributed by atoms with Gasteiger partial charge in [0.05, 0.1) is 12.5 Å². The molecule has 29 heavy (non-hydrogen) atoms. The van der Waals surface area contributed by atoms with Crippen LogP contribution in [0.25, 0.3) is 11.3 Å². The summed E-state index contributed by atoms with van der Waals surface area (Å²) in [7, 11) is 0. The minimum atomic E-state index is -0.176. The summed E-state index contributed by atoms with van der Waals surface area (Å²) in [4.78, 5) is 13.6. The summed E-state index contributed by atoms with van der Waals surface area (Å²) in [5.74, 6) is 1.76. The largest absolute Gasteiger partial charge is 0.463 e. The number of anilines is 1. The monoisotopic (exact) mass is 392 g/mol. The number of quaternary nitrogens is 1. The molecule has 0 unspecified atom stereocenters. The van der Waals surface area contributed by atoms with Gasteiger partial charge in [-0.15, -0.1) is 0 Å². The third-order valence-electron chi connectivity index (χ3n) is 4.54. The molecule has 0 fully saturated rings. The number of hydrogen-bond donors (Lipinski definition) is 2. The van der Waals surface area contributed by atoms with Gasteiger partial charge in [0.25, 0.3) is 5.91 Å². The molecule has 0 spiro atoms. The highest BCUT2D eigenvalue weighted by Gasteiger charge is 2.19. The normalized spacial score (nSPS) is 11.1. The number of amides is 1. The minimum Gasteiger partial charge on any atom is -0.463 e. The predicted molar refractivity (Wildman–Crippen MR) is 106 cm³/mol. The first kappa shape index (κ1) is 18.8. The highest BCUT2D eigenvalue weighted by molar-refractivity contribution is 5.90. The Balaban J connectivity index is 1.40. The number of carbonyl (C=O) groups excluding carboxylic acids is 1. The Morgan fingerprint density at radius 2 is 1.66 bits per heavy atom. The first-order valence-corrected chi connectivity index (χ1v) is 9.37. The summed E-state index contributed by atoms with van der Waals surface area (Å²) in [6.07, 6.45) is 3.25. The SMILES string of the molecule is Cc1ccc(-c2cc(NC(=O)C[NH+](Cc3ccco3)Cc3ccco3)on2)cc1. The van der Waals surface area contributed by atoms with Crippen molar-refractivity contribution in [3.8, 4) is 11.3 Å². The average Bonchev–Trinajstić information content (AvgIpc) is 3.45. The van der Waals surface area contributed by atoms with Crippen molar-refractivity contribution in [2.24, 2.45) is 0 Å². The Morgan fingerprint density at radius 1 is 1.00 bits per heavy atom. The number of aryl methyl sites for hydroxylation is 1. The number of nitrogens with one attached hydrogen (secondary N) is 2. The van der Waals surface area contributed by atoms with Gasteiger partial charge >= 0.3 is 0 Å². The second-order valence-corrected chi connectivity index (χ2v) is 6.93. The number of aromatic nitrogens is 1. The van der Waals surface area contributed by atoms with Gasteiger partial charge in [0.2, 0.25) is 5.88 Å². The highest BCUT2D eigenvalue weighted by Crippen LogP contribution is 2.21. The van der Waals surface area contributed by atoms with E-state index in [4.69, 9.17) is 13.4 Å². The fraction of sp³-hybridized carbons (Fsp3) is 0.182. The molecule has 148 valence electrons. The van der Waals surface area contributed by atoms with Crippen molar-refractivity contribution in [1.82, 2.24) is 5.16 Å². The predicted octanol–water partition coefficient (Wildman–Crippen LogP) is 3.06. The number of nitrogens with zero attached hydrogens (tertiary/aromatic N) is 1. The highest BCUT2D eigenvalue weighted by atomic mass is 16.5. The van der Waals surface area contributed by atoms with Gasteiger partial charge in [-0.1, -0.05) is 35.0 Å². The smallest absolute Gasteiger partial charge is 0.281 e. The number of hydrogen-bond acceptors (Lipinski definition) is 5. The number of furan rings is 2. The zero-order valence-electron chi connectivity index (χ0n) is 16.1. The molecule has 0 saturated heterocycles. The number of rotatable bonds is 8. The van der Waals surface area contributed by atoms with E-state index in [-0.39, 0.29) is 12.5 Å². The molecular weight excluding hydrogens is 370 g/mol. The van der Waals surface area contributed by atoms with Crippen molar-refractivity contribution >= 4 is 11.8 Å². The van der Waals surface area contributed by atoms with E-state index >= 15 is 0 Å². The first-order valence-electron chi connectivity index (χ1n) is 9.37. The second kappa shape index (κ2) is 8.62. The molecule has 0 aliphatic rings. The van der Waals surface area contributed by atoms with Gasteiger partial charge in [0.1, 0.15) is 18.8 Å². The lowest BCUT2D eigenvalue weighted by Gasteiger charge is -2.16. The van der Waals surface area contributed by atoms with Gasteiger partial charge in [-0.05, 0) is 31.2 Å². The van der Waals surface area contributed by atoms with Crippen LogP contribution in [0.5, 0.6) is 0 Å². The topological polar surface area (TPSA) is 85.9 Å². The van der Waals surface area contributed by atoms with Crippen molar-refractivity contribution in [2.75, 3.05) is 11.9 Å². The van der Waals surface area contributed by atoms with Gasteiger partial charge in [0, 0.05) is 11.6 Å². The van der Waals surface area contributed by atoms with E-state index in [1.165, 1.54) is 5.56 Å². The maximum atomic E-state index is 12.6. The Hall–Kier alpha value is -3.58. The molecule has 4 aromatic rings. The van der Waals surface area contributed by atoms with E-state index in [9.17, 15) is 4.79 Å². The third kappa shape index (κ3) is 5.03. The molecule has 3 aromatic heterocycles. The Labute approximate surface area is 167 Å². The summed E-state index contributed by atoms with van der Waals surface area (Å²) in [6.45, 7) is 3.37. The van der Waals surface area contributed by atoms with Crippen LogP contribution < -0.4 is 10.2 Å². The van der Waals surface area contributed by atoms with E-state index in [1.807, 2.05) is 55.5 Å². The zero-order chi connectivity index (χ0) is 20.1. The van der Waals surface area contributed by atoms with Crippen LogP contribution in [0, 0.1) is 6.92 Å². The molecule has 1 aromatic carbocycles. The maximum absolute atomic E-state index is 12.6. The van der Waals surface area contributed by atoms with E-state index in [0.29, 0.717) is 24.7 Å². The molecule has 7 nitrogen and oxygen atoms in total. The zero-order valence-corrected chi connectivity index (χ0v) is 16.1. The van der Waals surface area contributed by atoms with Crippen LogP contribution in [0.4, 0.5) is 5.88 Å². The molecule has 4 rings (SSSR count). The summed E-state index contributed by atoms with van der Waals surface area (Å²) in [5, 5.41) is 6.83. The van der Waals surface area contributed by atoms with Crippen molar-refractivity contribution in [3.05, 3.63) is 84.2 Å². The Kier molecular flexibility index (Phi) is 5.58. The molecule has 0 atom stereocenters. The first-order chi connectivity index (χ1) is 14.2. The van der Waals surface area contributed by atoms with Gasteiger partial charge in [-0.25, -0.2) is 0 Å². The molecule has 0 aliphatic heterocycles. The van der Waals surface area contributed by atoms with Crippen LogP contribution in [0.2, 0.25) is 0 Å². The third-order valence-corrected chi connectivity index (χ3v) is 4.54. The molecule has 1 amide bonds. The number of carbonyl (C=O) groups is 1. The number of benzene rings is 1. The summed E-state index contributed by atoms with van der Waals surface area (Å²) in [5.41, 5.74) is 2.78. The fourth-order valence-electron chi connectivity index (χ4n) is 3.11. The van der Waals surface area contributed by atoms with E-state index in [0.717, 1.165) is 22.0 Å². The van der Waals surface area contributed by atoms with E-state index in [1.54, 1.807) is 18.6 Å². The second-order valence-electron chi connectivity index (χ2n) is 6.93. The van der Waals surface area contributed by atoms with Crippen LogP contribution in [-0.2, 0) is 17.9 Å². The summed E-state index contributed by atoms with van der Waals surface area (Å²) >= 11 is 0. The van der Waals surface area contributed by atoms with Crippen molar-refractivity contribution in [1.29, 1.82) is 0 Å². The van der Waals surface area contributed by atoms with Crippen molar-refractivity contribution < 1.29 is 23.1 Å². The van der Waals surface area contributed by atoms with E-state index in [2.05, 4.69) is 10.5 Å². The lowest BCUT2D eigenvalue weighted by molar-refractivity contribution is -0.921. The molecular formula is C22H22N3O4+. The summed E-state index contributed by atoms with van der Waals surface area (Å²) < 4.78 is 16.1. The van der Waals surface area contributed by atoms with Gasteiger partial charge in [-0.3, -0.25) is 10.1 Å². The molecule has 0 saturated carbocycles. The lowest BCUT2D eigenvalue weighted by Crippen LogP contribution is -3.10. The Bertz CT molecular complexity index is 998. The molecule has 7 heteroatoms. The van der Waals surface area contributed by atoms with Crippen LogP contribution >= 0.6 is 0 Å². The molecule has 0 aliphatic carbocycles. The average molecular weight is 392 g/mol.